The minimum absolute atomic E-state index is 0.0270. The van der Waals surface area contributed by atoms with Crippen molar-refractivity contribution in [2.45, 2.75) is 24.4 Å². The number of hydrogen-bond donors (Lipinski definition) is 6. The Morgan fingerprint density at radius 1 is 1.27 bits per heavy atom. The highest BCUT2D eigenvalue weighted by Crippen LogP contribution is 2.66. The molecular formula is C12H15FN5O12P3. The van der Waals surface area contributed by atoms with Crippen LogP contribution in [-0.2, 0) is 37.3 Å². The van der Waals surface area contributed by atoms with Gasteiger partial charge in [-0.05, 0) is 5.92 Å². The number of anilines is 1. The minimum atomic E-state index is -5.73. The maximum absolute atomic E-state index is 13.6. The number of terminal acetylenes is 1. The molecule has 0 bridgehead atoms. The summed E-state index contributed by atoms with van der Waals surface area (Å²) in [5, 5.41) is 10.3. The second kappa shape index (κ2) is 8.75. The third-order valence-corrected chi connectivity index (χ3v) is 7.89. The van der Waals surface area contributed by atoms with Crippen LogP contribution >= 0.6 is 23.5 Å². The van der Waals surface area contributed by atoms with Crippen LogP contribution in [0.25, 0.3) is 11.2 Å². The molecule has 0 aromatic carbocycles. The number of phosphoric acid groups is 3. The van der Waals surface area contributed by atoms with Crippen molar-refractivity contribution in [3.05, 3.63) is 12.4 Å². The second-order valence-electron chi connectivity index (χ2n) is 6.41. The zero-order valence-electron chi connectivity index (χ0n) is 15.9. The maximum atomic E-state index is 13.6. The second-order valence-corrected chi connectivity index (χ2v) is 10.8. The van der Waals surface area contributed by atoms with Crippen molar-refractivity contribution < 1.29 is 60.6 Å². The van der Waals surface area contributed by atoms with E-state index >= 15 is 0 Å². The van der Waals surface area contributed by atoms with Crippen LogP contribution in [0, 0.1) is 18.4 Å². The fourth-order valence-electron chi connectivity index (χ4n) is 2.88. The van der Waals surface area contributed by atoms with Gasteiger partial charge in [0.1, 0.15) is 12.4 Å². The lowest BCUT2D eigenvalue weighted by Gasteiger charge is -2.25. The first-order valence-electron chi connectivity index (χ1n) is 8.35. The van der Waals surface area contributed by atoms with Gasteiger partial charge in [-0.3, -0.25) is 9.09 Å². The molecule has 3 rings (SSSR count). The van der Waals surface area contributed by atoms with E-state index in [2.05, 4.69) is 34.0 Å². The molecule has 21 heteroatoms. The van der Waals surface area contributed by atoms with Crippen LogP contribution in [0.2, 0.25) is 0 Å². The van der Waals surface area contributed by atoms with Crippen molar-refractivity contribution >= 4 is 40.4 Å². The first-order chi connectivity index (χ1) is 15.1. The van der Waals surface area contributed by atoms with E-state index in [9.17, 15) is 28.1 Å². The number of halogens is 1. The lowest BCUT2D eigenvalue weighted by atomic mass is 10.1. The number of imidazole rings is 1. The van der Waals surface area contributed by atoms with Crippen molar-refractivity contribution in [3.63, 3.8) is 0 Å². The largest absolute Gasteiger partial charge is 0.490 e. The number of nitrogen functional groups attached to an aromatic ring is 1. The Bertz CT molecular complexity index is 1260. The highest BCUT2D eigenvalue weighted by atomic mass is 31.3. The molecule has 3 heterocycles. The fourth-order valence-corrected chi connectivity index (χ4v) is 5.91. The predicted molar refractivity (Wildman–Crippen MR) is 102 cm³/mol. The molecule has 7 N–H and O–H groups in total. The number of rotatable bonds is 8. The Morgan fingerprint density at radius 2 is 1.94 bits per heavy atom. The summed E-state index contributed by atoms with van der Waals surface area (Å²) < 4.78 is 65.8. The van der Waals surface area contributed by atoms with E-state index in [1.54, 1.807) is 0 Å². The molecule has 2 aromatic heterocycles. The molecule has 1 saturated heterocycles. The number of nitrogens with two attached hydrogens (primary N) is 1. The minimum Gasteiger partial charge on any atom is -0.390 e. The number of aromatic nitrogens is 4. The summed E-state index contributed by atoms with van der Waals surface area (Å²) in [7, 11) is -16.8. The Labute approximate surface area is 182 Å². The van der Waals surface area contributed by atoms with Crippen molar-refractivity contribution in [3.8, 4) is 12.3 Å². The van der Waals surface area contributed by atoms with Crippen LogP contribution in [0.1, 0.15) is 6.42 Å². The van der Waals surface area contributed by atoms with E-state index in [1.165, 1.54) is 0 Å². The summed E-state index contributed by atoms with van der Waals surface area (Å²) in [6.07, 6.45) is 2.15. The number of phosphoric ester groups is 1. The zero-order valence-corrected chi connectivity index (χ0v) is 18.6. The van der Waals surface area contributed by atoms with Gasteiger partial charge in [-0.15, -0.1) is 6.42 Å². The van der Waals surface area contributed by atoms with Crippen LogP contribution in [0.5, 0.6) is 0 Å². The molecule has 2 unspecified atom stereocenters. The molecule has 0 spiro atoms. The van der Waals surface area contributed by atoms with Crippen molar-refractivity contribution in [2.24, 2.45) is 0 Å². The molecule has 17 nitrogen and oxygen atoms in total. The standard InChI is InChI=1S/C12H15FN5O12P3/c1-2-12(18-5-15-8-9(14)16-11(13)17-10(8)18)3-6(19)7(28-12)4-27-32(23,24)30-33(25,26)29-31(20,21)22/h1,5-7,19H,3-4H2,(H,23,24)(H,25,26)(H2,14,16,17)(H2,20,21,22)/t6-,7+,12+/m0/s1. The van der Waals surface area contributed by atoms with Crippen LogP contribution in [0.3, 0.4) is 0 Å². The smallest absolute Gasteiger partial charge is 0.390 e. The first-order valence-corrected chi connectivity index (χ1v) is 12.9. The lowest BCUT2D eigenvalue weighted by Crippen LogP contribution is -2.33. The Kier molecular flexibility index (Phi) is 6.84. The van der Waals surface area contributed by atoms with Gasteiger partial charge in [-0.1, -0.05) is 0 Å². The number of ether oxygens (including phenoxy) is 1. The quantitative estimate of drug-likeness (QED) is 0.140. The van der Waals surface area contributed by atoms with Gasteiger partial charge in [0, 0.05) is 6.42 Å². The maximum Gasteiger partial charge on any atom is 0.490 e. The summed E-state index contributed by atoms with van der Waals surface area (Å²) in [5.41, 5.74) is 3.54. The highest BCUT2D eigenvalue weighted by Gasteiger charge is 2.49. The molecule has 0 aliphatic carbocycles. The Balaban J connectivity index is 1.78. The van der Waals surface area contributed by atoms with E-state index in [0.29, 0.717) is 0 Å². The van der Waals surface area contributed by atoms with Crippen LogP contribution < -0.4 is 5.73 Å². The summed E-state index contributed by atoms with van der Waals surface area (Å²) in [4.78, 5) is 46.5. The predicted octanol–water partition coefficient (Wildman–Crippen LogP) is -0.673. The number of aliphatic hydroxyl groups is 1. The van der Waals surface area contributed by atoms with Gasteiger partial charge in [0.05, 0.1) is 12.7 Å². The number of nitrogens with zero attached hydrogens (tertiary/aromatic N) is 4. The van der Waals surface area contributed by atoms with Crippen LogP contribution in [-0.4, -0.2) is 63.0 Å². The third-order valence-electron chi connectivity index (χ3n) is 4.09. The van der Waals surface area contributed by atoms with Gasteiger partial charge < -0.3 is 35.2 Å². The topological polar surface area (TPSA) is 259 Å². The first kappa shape index (κ1) is 25.8. The van der Waals surface area contributed by atoms with E-state index < -0.39 is 54.1 Å². The third kappa shape index (κ3) is 5.81. The summed E-state index contributed by atoms with van der Waals surface area (Å²) in [6.45, 7) is -0.966. The van der Waals surface area contributed by atoms with Crippen molar-refractivity contribution in [2.75, 3.05) is 12.3 Å². The molecule has 0 radical (unpaired) electrons. The summed E-state index contributed by atoms with van der Waals surface area (Å²) >= 11 is 0. The molecule has 0 saturated carbocycles. The van der Waals surface area contributed by atoms with E-state index in [-0.39, 0.29) is 23.4 Å². The molecule has 1 aliphatic rings. The van der Waals surface area contributed by atoms with E-state index in [1.807, 2.05) is 0 Å². The van der Waals surface area contributed by atoms with Crippen LogP contribution in [0.15, 0.2) is 6.33 Å². The monoisotopic (exact) mass is 533 g/mol. The molecule has 33 heavy (non-hydrogen) atoms. The lowest BCUT2D eigenvalue weighted by molar-refractivity contribution is -0.0787. The summed E-state index contributed by atoms with van der Waals surface area (Å²) in [6, 6.07) is 0. The molecule has 1 aliphatic heterocycles. The normalized spacial score (nSPS) is 27.2. The van der Waals surface area contributed by atoms with Gasteiger partial charge in [-0.25, -0.2) is 18.7 Å². The van der Waals surface area contributed by atoms with Gasteiger partial charge >= 0.3 is 29.5 Å². The molecule has 182 valence electrons. The Hall–Kier alpha value is -1.83. The highest BCUT2D eigenvalue weighted by molar-refractivity contribution is 7.66. The average Bonchev–Trinajstić information content (AvgIpc) is 3.19. The van der Waals surface area contributed by atoms with Gasteiger partial charge in [-0.2, -0.15) is 23.0 Å². The molecular weight excluding hydrogens is 518 g/mol. The molecule has 0 amide bonds. The van der Waals surface area contributed by atoms with Crippen LogP contribution in [0.4, 0.5) is 10.2 Å². The fraction of sp³-hybridized carbons (Fsp3) is 0.417. The zero-order chi connectivity index (χ0) is 24.8. The SMILES string of the molecule is C#C[C@]1(n2cnc3c(N)nc(F)nc32)C[C@H](O)[C@@H](COP(=O)(O)OP(=O)(O)OP(=O)(O)O)O1. The molecule has 2 aromatic rings. The van der Waals surface area contributed by atoms with Gasteiger partial charge in [0.2, 0.25) is 5.72 Å². The van der Waals surface area contributed by atoms with E-state index in [0.717, 1.165) is 10.9 Å². The van der Waals surface area contributed by atoms with Crippen molar-refractivity contribution in [1.82, 2.24) is 19.5 Å². The number of aliphatic hydroxyl groups excluding tert-OH is 1. The van der Waals surface area contributed by atoms with Gasteiger partial charge in [0.25, 0.3) is 0 Å². The van der Waals surface area contributed by atoms with Crippen molar-refractivity contribution in [1.29, 1.82) is 0 Å². The Morgan fingerprint density at radius 3 is 2.55 bits per heavy atom. The average molecular weight is 533 g/mol. The summed E-state index contributed by atoms with van der Waals surface area (Å²) in [5.74, 6) is 1.94. The van der Waals surface area contributed by atoms with Gasteiger partial charge in [0.15, 0.2) is 17.0 Å². The molecule has 5 atom stereocenters. The number of hydrogen-bond acceptors (Lipinski definition) is 12. The number of fused-ring (bicyclic) bond motifs is 1. The molecule has 1 fully saturated rings. The van der Waals surface area contributed by atoms with E-state index in [4.69, 9.17) is 31.6 Å².